The number of hydrogen-bond acceptors (Lipinski definition) is 9. The molecule has 9 nitrogen and oxygen atoms in total. The van der Waals surface area contributed by atoms with E-state index in [4.69, 9.17) is 5.11 Å². The first kappa shape index (κ1) is 20.2. The summed E-state index contributed by atoms with van der Waals surface area (Å²) >= 11 is -1.84. The Morgan fingerprint density at radius 2 is 1.41 bits per heavy atom. The molecule has 0 aromatic carbocycles. The van der Waals surface area contributed by atoms with E-state index in [-0.39, 0.29) is 17.2 Å². The Morgan fingerprint density at radius 3 is 1.91 bits per heavy atom. The van der Waals surface area contributed by atoms with E-state index >= 15 is 0 Å². The van der Waals surface area contributed by atoms with Crippen LogP contribution < -0.4 is 0 Å². The SMILES string of the molecule is OC[C@@H]1C(O)[C@H](O)C[Se+]1C[C@@H](O)[C@@H](O)[C@H](O)[C@H](O)[C@@H](O)CO. The Balaban J connectivity index is 2.62. The fourth-order valence-electron chi connectivity index (χ4n) is 2.37. The Morgan fingerprint density at radius 1 is 0.864 bits per heavy atom. The fraction of sp³-hybridized carbons (Fsp3) is 1.00. The molecule has 0 saturated carbocycles. The van der Waals surface area contributed by atoms with E-state index in [0.29, 0.717) is 0 Å². The predicted molar refractivity (Wildman–Crippen MR) is 75.3 cm³/mol. The summed E-state index contributed by atoms with van der Waals surface area (Å²) in [7, 11) is 0. The number of aliphatic hydroxyl groups is 9. The molecule has 0 spiro atoms. The van der Waals surface area contributed by atoms with E-state index in [2.05, 4.69) is 0 Å². The summed E-state index contributed by atoms with van der Waals surface area (Å²) in [5, 5.41) is 85.7. The van der Waals surface area contributed by atoms with Crippen molar-refractivity contribution in [1.29, 1.82) is 0 Å². The molecule has 10 heteroatoms. The molecule has 0 radical (unpaired) electrons. The summed E-state index contributed by atoms with van der Waals surface area (Å²) in [6.07, 6.45) is -10.6. The van der Waals surface area contributed by atoms with Gasteiger partial charge in [0.15, 0.2) is 0 Å². The molecule has 1 fully saturated rings. The molecular weight excluding hydrogens is 367 g/mol. The van der Waals surface area contributed by atoms with Gasteiger partial charge in [0.2, 0.25) is 0 Å². The van der Waals surface area contributed by atoms with Crippen molar-refractivity contribution < 1.29 is 46.0 Å². The zero-order valence-electron chi connectivity index (χ0n) is 11.9. The van der Waals surface area contributed by atoms with Crippen molar-refractivity contribution in [2.45, 2.75) is 58.2 Å². The van der Waals surface area contributed by atoms with E-state index < -0.39 is 68.1 Å². The van der Waals surface area contributed by atoms with Gasteiger partial charge < -0.3 is 0 Å². The predicted octanol–water partition coefficient (Wildman–Crippen LogP) is -4.62. The third kappa shape index (κ3) is 4.59. The van der Waals surface area contributed by atoms with Gasteiger partial charge in [0.05, 0.1) is 0 Å². The molecule has 0 aromatic rings. The average molecular weight is 392 g/mol. The standard InChI is InChI=1S/C12H25O9Se/c13-1-5(15)10(19)12(21)11(20)7(17)4-22-3-6(16)9(18)8(22)2-14/h5-21H,1-4H2/q+1/t5-,6+,7+,8+,9?,10+,11+,12+,22?/m0/s1. The van der Waals surface area contributed by atoms with Crippen molar-refractivity contribution in [2.75, 3.05) is 13.2 Å². The molecule has 132 valence electrons. The maximum atomic E-state index is 9.96. The van der Waals surface area contributed by atoms with Crippen LogP contribution in [-0.4, -0.2) is 116 Å². The van der Waals surface area contributed by atoms with E-state index in [0.717, 1.165) is 0 Å². The van der Waals surface area contributed by atoms with Crippen molar-refractivity contribution >= 4 is 13.9 Å². The number of aliphatic hydroxyl groups excluding tert-OH is 9. The second-order valence-corrected chi connectivity index (χ2v) is 10.4. The summed E-state index contributed by atoms with van der Waals surface area (Å²) in [5.74, 6) is 0. The van der Waals surface area contributed by atoms with Crippen molar-refractivity contribution in [3.8, 4) is 0 Å². The van der Waals surface area contributed by atoms with Gasteiger partial charge in [-0.05, 0) is 0 Å². The summed E-state index contributed by atoms with van der Waals surface area (Å²) in [4.78, 5) is -0.540. The van der Waals surface area contributed by atoms with Crippen LogP contribution in [0.25, 0.3) is 0 Å². The normalized spacial score (nSPS) is 35.9. The van der Waals surface area contributed by atoms with Crippen LogP contribution in [0, 0.1) is 0 Å². The van der Waals surface area contributed by atoms with Crippen LogP contribution in [0.5, 0.6) is 0 Å². The van der Waals surface area contributed by atoms with Gasteiger partial charge in [0.1, 0.15) is 0 Å². The van der Waals surface area contributed by atoms with Gasteiger partial charge in [-0.1, -0.05) is 0 Å². The minimum absolute atomic E-state index is 0.000483. The minimum atomic E-state index is -1.87. The van der Waals surface area contributed by atoms with Crippen molar-refractivity contribution in [1.82, 2.24) is 0 Å². The third-order valence-electron chi connectivity index (χ3n) is 3.83. The third-order valence-corrected chi connectivity index (χ3v) is 9.75. The van der Waals surface area contributed by atoms with Gasteiger partial charge in [-0.2, -0.15) is 0 Å². The molecule has 0 aliphatic carbocycles. The zero-order chi connectivity index (χ0) is 17.0. The van der Waals surface area contributed by atoms with Crippen molar-refractivity contribution in [2.24, 2.45) is 0 Å². The topological polar surface area (TPSA) is 182 Å². The molecule has 0 bridgehead atoms. The molecule has 1 rings (SSSR count). The van der Waals surface area contributed by atoms with Crippen LogP contribution in [0.3, 0.4) is 0 Å². The zero-order valence-corrected chi connectivity index (χ0v) is 13.6. The van der Waals surface area contributed by atoms with Gasteiger partial charge in [0, 0.05) is 0 Å². The first-order valence-corrected chi connectivity index (χ1v) is 10.3. The van der Waals surface area contributed by atoms with Crippen molar-refractivity contribution in [3.63, 3.8) is 0 Å². The van der Waals surface area contributed by atoms with Crippen LogP contribution in [0.15, 0.2) is 0 Å². The molecule has 22 heavy (non-hydrogen) atoms. The van der Waals surface area contributed by atoms with Gasteiger partial charge >= 0.3 is 131 Å². The Bertz CT molecular complexity index is 334. The second kappa shape index (κ2) is 8.86. The average Bonchev–Trinajstić information content (AvgIpc) is 2.77. The summed E-state index contributed by atoms with van der Waals surface area (Å²) in [6, 6.07) is 0. The summed E-state index contributed by atoms with van der Waals surface area (Å²) < 4.78 is 0. The molecule has 9 atom stereocenters. The number of rotatable bonds is 8. The quantitative estimate of drug-likeness (QED) is 0.184. The molecule has 0 aromatic heterocycles. The van der Waals surface area contributed by atoms with E-state index in [1.165, 1.54) is 0 Å². The monoisotopic (exact) mass is 393 g/mol. The Hall–Kier alpha value is 0.159. The molecule has 9 N–H and O–H groups in total. The molecular formula is C12H25O9Se+. The van der Waals surface area contributed by atoms with E-state index in [1.807, 2.05) is 0 Å². The van der Waals surface area contributed by atoms with E-state index in [9.17, 15) is 40.9 Å². The van der Waals surface area contributed by atoms with E-state index in [1.54, 1.807) is 0 Å². The van der Waals surface area contributed by atoms with Crippen molar-refractivity contribution in [3.05, 3.63) is 0 Å². The molecule has 1 aliphatic heterocycles. The van der Waals surface area contributed by atoms with Crippen LogP contribution >= 0.6 is 0 Å². The number of hydrogen-bond donors (Lipinski definition) is 9. The molecule has 1 saturated heterocycles. The molecule has 0 amide bonds. The van der Waals surface area contributed by atoms with Gasteiger partial charge in [-0.3, -0.25) is 0 Å². The van der Waals surface area contributed by atoms with Crippen LogP contribution in [-0.2, 0) is 0 Å². The molecule has 1 aliphatic rings. The summed E-state index contributed by atoms with van der Waals surface area (Å²) in [5.41, 5.74) is 0. The van der Waals surface area contributed by atoms with Gasteiger partial charge in [-0.15, -0.1) is 0 Å². The Labute approximate surface area is 132 Å². The molecule has 1 heterocycles. The summed E-state index contributed by atoms with van der Waals surface area (Å²) in [6.45, 7) is -1.16. The van der Waals surface area contributed by atoms with Gasteiger partial charge in [-0.25, -0.2) is 0 Å². The Kier molecular flexibility index (Phi) is 8.13. The first-order chi connectivity index (χ1) is 10.2. The van der Waals surface area contributed by atoms with Crippen LogP contribution in [0.2, 0.25) is 15.5 Å². The fourth-order valence-corrected chi connectivity index (χ4v) is 8.02. The maximum absolute atomic E-state index is 9.96. The van der Waals surface area contributed by atoms with Gasteiger partial charge in [0.25, 0.3) is 0 Å². The first-order valence-electron chi connectivity index (χ1n) is 6.89. The van der Waals surface area contributed by atoms with Crippen LogP contribution in [0.4, 0.5) is 0 Å². The van der Waals surface area contributed by atoms with Crippen LogP contribution in [0.1, 0.15) is 0 Å². The second-order valence-electron chi connectivity index (χ2n) is 5.44. The molecule has 2 unspecified atom stereocenters.